The molecule has 4 nitrogen and oxygen atoms in total. The van der Waals surface area contributed by atoms with Crippen molar-refractivity contribution in [3.8, 4) is 0 Å². The number of hydrogen-bond donors (Lipinski definition) is 0. The Kier molecular flexibility index (Phi) is 4.39. The van der Waals surface area contributed by atoms with Crippen molar-refractivity contribution in [1.29, 1.82) is 0 Å². The van der Waals surface area contributed by atoms with Crippen molar-refractivity contribution in [2.75, 3.05) is 19.7 Å². The van der Waals surface area contributed by atoms with Crippen molar-refractivity contribution in [1.82, 2.24) is 4.31 Å². The Hall–Kier alpha value is -0.690. The van der Waals surface area contributed by atoms with E-state index in [0.29, 0.717) is 12.2 Å². The molecule has 2 rings (SSSR count). The van der Waals surface area contributed by atoms with Gasteiger partial charge in [-0.15, -0.1) is 11.6 Å². The normalized spacial score (nSPS) is 20.0. The van der Waals surface area contributed by atoms with Gasteiger partial charge in [-0.25, -0.2) is 12.8 Å². The van der Waals surface area contributed by atoms with Gasteiger partial charge in [0.25, 0.3) is 0 Å². The first-order valence-electron chi connectivity index (χ1n) is 6.25. The first-order valence-corrected chi connectivity index (χ1v) is 8.22. The number of morpholine rings is 1. The van der Waals surface area contributed by atoms with Crippen LogP contribution in [-0.4, -0.2) is 38.0 Å². The van der Waals surface area contributed by atoms with E-state index in [-0.39, 0.29) is 23.9 Å². The van der Waals surface area contributed by atoms with E-state index in [4.69, 9.17) is 16.3 Å². The molecular formula is C13H17ClFNO3S. The molecule has 0 N–H and O–H groups in total. The van der Waals surface area contributed by atoms with Crippen molar-refractivity contribution in [2.45, 2.75) is 30.2 Å². The number of alkyl halides is 1. The van der Waals surface area contributed by atoms with E-state index >= 15 is 0 Å². The van der Waals surface area contributed by atoms with Gasteiger partial charge in [0.15, 0.2) is 0 Å². The summed E-state index contributed by atoms with van der Waals surface area (Å²) in [6.07, 6.45) is 0. The van der Waals surface area contributed by atoms with E-state index in [2.05, 4.69) is 0 Å². The molecule has 0 aliphatic carbocycles. The quantitative estimate of drug-likeness (QED) is 0.803. The summed E-state index contributed by atoms with van der Waals surface area (Å²) in [7, 11) is -3.85. The van der Waals surface area contributed by atoms with Gasteiger partial charge in [-0.05, 0) is 31.5 Å². The van der Waals surface area contributed by atoms with Crippen LogP contribution in [0.1, 0.15) is 19.4 Å². The number of benzene rings is 1. The molecule has 20 heavy (non-hydrogen) atoms. The SMILES string of the molecule is CC1(C)CN(S(=O)(=O)c2ccc(CCl)cc2F)CCO1. The van der Waals surface area contributed by atoms with Gasteiger partial charge in [-0.3, -0.25) is 0 Å². The third-order valence-corrected chi connectivity index (χ3v) is 5.35. The lowest BCUT2D eigenvalue weighted by molar-refractivity contribution is -0.0640. The summed E-state index contributed by atoms with van der Waals surface area (Å²) >= 11 is 5.61. The van der Waals surface area contributed by atoms with Gasteiger partial charge in [-0.2, -0.15) is 4.31 Å². The second-order valence-electron chi connectivity index (χ2n) is 5.35. The molecule has 0 amide bonds. The molecule has 0 aromatic heterocycles. The maximum absolute atomic E-state index is 14.0. The fraction of sp³-hybridized carbons (Fsp3) is 0.538. The molecule has 1 aliphatic rings. The lowest BCUT2D eigenvalue weighted by Crippen LogP contribution is -2.50. The fourth-order valence-corrected chi connectivity index (χ4v) is 3.94. The molecule has 0 unspecified atom stereocenters. The largest absolute Gasteiger partial charge is 0.373 e. The Balaban J connectivity index is 2.35. The predicted molar refractivity (Wildman–Crippen MR) is 74.7 cm³/mol. The van der Waals surface area contributed by atoms with E-state index in [0.717, 1.165) is 6.07 Å². The lowest BCUT2D eigenvalue weighted by Gasteiger charge is -2.37. The van der Waals surface area contributed by atoms with E-state index in [1.807, 2.05) is 13.8 Å². The standard InChI is InChI=1S/C13H17ClFNO3S/c1-13(2)9-16(5-6-19-13)20(17,18)12-4-3-10(8-14)7-11(12)15/h3-4,7H,5-6,8-9H2,1-2H3. The molecule has 112 valence electrons. The number of halogens is 2. The van der Waals surface area contributed by atoms with Gasteiger partial charge < -0.3 is 4.74 Å². The van der Waals surface area contributed by atoms with Crippen LogP contribution in [0.4, 0.5) is 4.39 Å². The summed E-state index contributed by atoms with van der Waals surface area (Å²) in [6, 6.07) is 3.95. The van der Waals surface area contributed by atoms with Gasteiger partial charge in [0, 0.05) is 19.0 Å². The Morgan fingerprint density at radius 3 is 2.70 bits per heavy atom. The highest BCUT2D eigenvalue weighted by atomic mass is 35.5. The Morgan fingerprint density at radius 1 is 1.45 bits per heavy atom. The van der Waals surface area contributed by atoms with E-state index in [1.54, 1.807) is 0 Å². The second kappa shape index (κ2) is 5.60. The molecular weight excluding hydrogens is 305 g/mol. The lowest BCUT2D eigenvalue weighted by atomic mass is 10.1. The summed E-state index contributed by atoms with van der Waals surface area (Å²) in [5.41, 5.74) is -0.0249. The van der Waals surface area contributed by atoms with Crippen LogP contribution >= 0.6 is 11.6 Å². The van der Waals surface area contributed by atoms with E-state index in [1.165, 1.54) is 16.4 Å². The molecule has 7 heteroatoms. The van der Waals surface area contributed by atoms with Crippen LogP contribution in [0.15, 0.2) is 23.1 Å². The Morgan fingerprint density at radius 2 is 2.15 bits per heavy atom. The average Bonchev–Trinajstić information content (AvgIpc) is 2.37. The number of hydrogen-bond acceptors (Lipinski definition) is 3. The molecule has 0 bridgehead atoms. The summed E-state index contributed by atoms with van der Waals surface area (Å²) in [4.78, 5) is -0.316. The minimum atomic E-state index is -3.85. The van der Waals surface area contributed by atoms with Gasteiger partial charge >= 0.3 is 0 Å². The molecule has 1 aromatic carbocycles. The first-order chi connectivity index (χ1) is 9.26. The van der Waals surface area contributed by atoms with Crippen LogP contribution in [0.25, 0.3) is 0 Å². The highest BCUT2D eigenvalue weighted by molar-refractivity contribution is 7.89. The summed E-state index contributed by atoms with van der Waals surface area (Å²) in [5.74, 6) is -0.630. The molecule has 1 aliphatic heterocycles. The van der Waals surface area contributed by atoms with E-state index in [9.17, 15) is 12.8 Å². The topological polar surface area (TPSA) is 46.6 Å². The third-order valence-electron chi connectivity index (χ3n) is 3.16. The van der Waals surface area contributed by atoms with Gasteiger partial charge in [0.1, 0.15) is 10.7 Å². The zero-order valence-electron chi connectivity index (χ0n) is 11.4. The summed E-state index contributed by atoms with van der Waals surface area (Å²) < 4.78 is 45.7. The minimum Gasteiger partial charge on any atom is -0.373 e. The summed E-state index contributed by atoms with van der Waals surface area (Å²) in [6.45, 7) is 4.34. The van der Waals surface area contributed by atoms with Crippen LogP contribution in [0.5, 0.6) is 0 Å². The zero-order valence-corrected chi connectivity index (χ0v) is 13.0. The zero-order chi connectivity index (χ0) is 15.0. The Labute approximate surface area is 123 Å². The second-order valence-corrected chi connectivity index (χ2v) is 7.52. The molecule has 1 aromatic rings. The van der Waals surface area contributed by atoms with Crippen molar-refractivity contribution in [3.05, 3.63) is 29.6 Å². The number of rotatable bonds is 3. The smallest absolute Gasteiger partial charge is 0.246 e. The van der Waals surface area contributed by atoms with Crippen LogP contribution in [0.3, 0.4) is 0 Å². The van der Waals surface area contributed by atoms with Crippen LogP contribution < -0.4 is 0 Å². The summed E-state index contributed by atoms with van der Waals surface area (Å²) in [5, 5.41) is 0. The molecule has 0 saturated carbocycles. The molecule has 1 heterocycles. The van der Waals surface area contributed by atoms with Crippen molar-refractivity contribution in [3.63, 3.8) is 0 Å². The highest BCUT2D eigenvalue weighted by Gasteiger charge is 2.36. The average molecular weight is 322 g/mol. The Bertz CT molecular complexity index is 604. The van der Waals surface area contributed by atoms with Crippen LogP contribution in [-0.2, 0) is 20.6 Å². The molecule has 0 radical (unpaired) electrons. The van der Waals surface area contributed by atoms with Gasteiger partial charge in [-0.1, -0.05) is 6.07 Å². The van der Waals surface area contributed by atoms with Gasteiger partial charge in [0.2, 0.25) is 10.0 Å². The maximum atomic E-state index is 14.0. The van der Waals surface area contributed by atoms with Gasteiger partial charge in [0.05, 0.1) is 12.2 Å². The highest BCUT2D eigenvalue weighted by Crippen LogP contribution is 2.25. The third kappa shape index (κ3) is 3.14. The number of ether oxygens (including phenoxy) is 1. The molecule has 0 spiro atoms. The van der Waals surface area contributed by atoms with E-state index < -0.39 is 21.4 Å². The minimum absolute atomic E-state index is 0.141. The molecule has 1 fully saturated rings. The maximum Gasteiger partial charge on any atom is 0.246 e. The van der Waals surface area contributed by atoms with Crippen molar-refractivity contribution in [2.24, 2.45) is 0 Å². The number of sulfonamides is 1. The molecule has 0 atom stereocenters. The monoisotopic (exact) mass is 321 g/mol. The molecule has 1 saturated heterocycles. The van der Waals surface area contributed by atoms with Crippen molar-refractivity contribution < 1.29 is 17.5 Å². The predicted octanol–water partition coefficient (Wildman–Crippen LogP) is 2.36. The van der Waals surface area contributed by atoms with Crippen molar-refractivity contribution >= 4 is 21.6 Å². The van der Waals surface area contributed by atoms with Crippen LogP contribution in [0.2, 0.25) is 0 Å². The first kappa shape index (κ1) is 15.7. The van der Waals surface area contributed by atoms with Crippen LogP contribution in [0, 0.1) is 5.82 Å². The number of nitrogens with zero attached hydrogens (tertiary/aromatic N) is 1. The fourth-order valence-electron chi connectivity index (χ4n) is 2.15.